The van der Waals surface area contributed by atoms with Gasteiger partial charge in [0.25, 0.3) is 11.5 Å². The van der Waals surface area contributed by atoms with E-state index in [1.165, 1.54) is 35.3 Å². The van der Waals surface area contributed by atoms with Crippen LogP contribution in [0.25, 0.3) is 5.69 Å². The Balaban J connectivity index is 1.58. The first-order chi connectivity index (χ1) is 15.5. The number of aryl methyl sites for hydroxylation is 1. The molecule has 166 valence electrons. The number of nitrogens with one attached hydrogen (secondary N) is 1. The molecule has 0 spiro atoms. The van der Waals surface area contributed by atoms with Gasteiger partial charge in [-0.1, -0.05) is 12.5 Å². The molecule has 0 aliphatic carbocycles. The fourth-order valence-electron chi connectivity index (χ4n) is 4.25. The van der Waals surface area contributed by atoms with Crippen molar-refractivity contribution >= 4 is 5.91 Å². The molecule has 1 atom stereocenters. The molecule has 7 heteroatoms. The molecule has 1 fully saturated rings. The second-order valence-electron chi connectivity index (χ2n) is 8.13. The standard InChI is InChI=1S/C25H27FN4O2/c1-18-11-15-30(21-9-7-20(26)8-10-21)25(32)23(18)24(31)28-17-22(19-6-5-12-27-16-19)29-13-3-2-4-14-29/h5-12,15-16,22H,2-4,13-14,17H2,1H3,(H,28,31). The predicted octanol–water partition coefficient (Wildman–Crippen LogP) is 3.64. The van der Waals surface area contributed by atoms with E-state index >= 15 is 0 Å². The van der Waals surface area contributed by atoms with Gasteiger partial charge < -0.3 is 5.32 Å². The van der Waals surface area contributed by atoms with Crippen LogP contribution in [-0.4, -0.2) is 40.0 Å². The van der Waals surface area contributed by atoms with Crippen LogP contribution in [-0.2, 0) is 0 Å². The SMILES string of the molecule is Cc1ccn(-c2ccc(F)cc2)c(=O)c1C(=O)NCC(c1cccnc1)N1CCCCC1. The first-order valence-electron chi connectivity index (χ1n) is 10.9. The van der Waals surface area contributed by atoms with E-state index in [-0.39, 0.29) is 17.4 Å². The number of hydrogen-bond acceptors (Lipinski definition) is 4. The van der Waals surface area contributed by atoms with Gasteiger partial charge in [0.15, 0.2) is 0 Å². The third-order valence-electron chi connectivity index (χ3n) is 5.99. The number of halogens is 1. The lowest BCUT2D eigenvalue weighted by atomic mass is 10.0. The molecule has 6 nitrogen and oxygen atoms in total. The number of likely N-dealkylation sites (tertiary alicyclic amines) is 1. The highest BCUT2D eigenvalue weighted by Gasteiger charge is 2.24. The quantitative estimate of drug-likeness (QED) is 0.643. The van der Waals surface area contributed by atoms with Gasteiger partial charge in [0.05, 0.1) is 6.04 Å². The number of carbonyl (C=O) groups is 1. The smallest absolute Gasteiger partial charge is 0.268 e. The van der Waals surface area contributed by atoms with E-state index in [2.05, 4.69) is 15.2 Å². The fourth-order valence-corrected chi connectivity index (χ4v) is 4.25. The van der Waals surface area contributed by atoms with E-state index in [4.69, 9.17) is 0 Å². The molecule has 0 bridgehead atoms. The largest absolute Gasteiger partial charge is 0.350 e. The molecule has 1 aliphatic heterocycles. The summed E-state index contributed by atoms with van der Waals surface area (Å²) in [5.74, 6) is -0.791. The van der Waals surface area contributed by atoms with Gasteiger partial charge in [-0.05, 0) is 80.4 Å². The molecular formula is C25H27FN4O2. The Bertz CT molecular complexity index is 1120. The molecule has 2 aromatic heterocycles. The van der Waals surface area contributed by atoms with E-state index in [0.717, 1.165) is 31.5 Å². The molecular weight excluding hydrogens is 407 g/mol. The molecule has 1 amide bonds. The van der Waals surface area contributed by atoms with Crippen molar-refractivity contribution in [2.45, 2.75) is 32.2 Å². The molecule has 1 unspecified atom stereocenters. The molecule has 32 heavy (non-hydrogen) atoms. The summed E-state index contributed by atoms with van der Waals surface area (Å²) in [6, 6.07) is 11.3. The lowest BCUT2D eigenvalue weighted by Crippen LogP contribution is -2.42. The van der Waals surface area contributed by atoms with Crippen LogP contribution in [0.5, 0.6) is 0 Å². The Kier molecular flexibility index (Phi) is 6.75. The molecule has 1 aliphatic rings. The summed E-state index contributed by atoms with van der Waals surface area (Å²) in [7, 11) is 0. The summed E-state index contributed by atoms with van der Waals surface area (Å²) < 4.78 is 14.6. The number of carbonyl (C=O) groups excluding carboxylic acids is 1. The van der Waals surface area contributed by atoms with Crippen molar-refractivity contribution in [2.24, 2.45) is 0 Å². The number of piperidine rings is 1. The van der Waals surface area contributed by atoms with Crippen LogP contribution < -0.4 is 10.9 Å². The van der Waals surface area contributed by atoms with Crippen molar-refractivity contribution in [1.82, 2.24) is 19.8 Å². The zero-order valence-corrected chi connectivity index (χ0v) is 18.1. The normalized spacial score (nSPS) is 15.3. The van der Waals surface area contributed by atoms with Gasteiger partial charge >= 0.3 is 0 Å². The van der Waals surface area contributed by atoms with Gasteiger partial charge in [0, 0.05) is 30.8 Å². The number of amides is 1. The van der Waals surface area contributed by atoms with Gasteiger partial charge in [-0.25, -0.2) is 4.39 Å². The average Bonchev–Trinajstić information content (AvgIpc) is 2.81. The van der Waals surface area contributed by atoms with E-state index in [0.29, 0.717) is 17.8 Å². The van der Waals surface area contributed by atoms with Gasteiger partial charge in [0.1, 0.15) is 11.4 Å². The maximum atomic E-state index is 13.3. The Morgan fingerprint density at radius 3 is 2.56 bits per heavy atom. The minimum atomic E-state index is -0.426. The van der Waals surface area contributed by atoms with E-state index in [9.17, 15) is 14.0 Å². The fraction of sp³-hybridized carbons (Fsp3) is 0.320. The van der Waals surface area contributed by atoms with Gasteiger partial charge in [-0.3, -0.25) is 24.0 Å². The highest BCUT2D eigenvalue weighted by Crippen LogP contribution is 2.23. The maximum Gasteiger partial charge on any atom is 0.268 e. The van der Waals surface area contributed by atoms with Crippen LogP contribution in [0.1, 0.15) is 46.8 Å². The zero-order valence-electron chi connectivity index (χ0n) is 18.1. The molecule has 4 rings (SSSR count). The number of benzene rings is 1. The number of nitrogens with zero attached hydrogens (tertiary/aromatic N) is 3. The topological polar surface area (TPSA) is 67.2 Å². The second-order valence-corrected chi connectivity index (χ2v) is 8.13. The molecule has 1 aromatic carbocycles. The summed E-state index contributed by atoms with van der Waals surface area (Å²) in [6.45, 7) is 4.07. The van der Waals surface area contributed by atoms with E-state index in [1.54, 1.807) is 25.4 Å². The van der Waals surface area contributed by atoms with Gasteiger partial charge in [-0.15, -0.1) is 0 Å². The highest BCUT2D eigenvalue weighted by atomic mass is 19.1. The van der Waals surface area contributed by atoms with Crippen molar-refractivity contribution in [3.63, 3.8) is 0 Å². The van der Waals surface area contributed by atoms with E-state index < -0.39 is 11.5 Å². The number of rotatable bonds is 6. The number of aromatic nitrogens is 2. The van der Waals surface area contributed by atoms with Gasteiger partial charge in [-0.2, -0.15) is 0 Å². The first kappa shape index (κ1) is 21.9. The Morgan fingerprint density at radius 1 is 1.12 bits per heavy atom. The molecule has 0 saturated carbocycles. The Hall–Kier alpha value is -3.32. The van der Waals surface area contributed by atoms with Crippen molar-refractivity contribution in [3.05, 3.63) is 93.9 Å². The van der Waals surface area contributed by atoms with Crippen molar-refractivity contribution in [1.29, 1.82) is 0 Å². The van der Waals surface area contributed by atoms with Crippen molar-refractivity contribution in [3.8, 4) is 5.69 Å². The summed E-state index contributed by atoms with van der Waals surface area (Å²) in [5.41, 5.74) is 1.82. The van der Waals surface area contributed by atoms with Crippen LogP contribution in [0.15, 0.2) is 65.8 Å². The van der Waals surface area contributed by atoms with Crippen LogP contribution in [0.4, 0.5) is 4.39 Å². The second kappa shape index (κ2) is 9.87. The zero-order chi connectivity index (χ0) is 22.5. The molecule has 1 saturated heterocycles. The Labute approximate surface area is 186 Å². The summed E-state index contributed by atoms with van der Waals surface area (Å²) in [5, 5.41) is 2.98. The minimum absolute atomic E-state index is 0.00343. The van der Waals surface area contributed by atoms with Gasteiger partial charge in [0.2, 0.25) is 0 Å². The van der Waals surface area contributed by atoms with Crippen LogP contribution in [0, 0.1) is 12.7 Å². The predicted molar refractivity (Wildman–Crippen MR) is 121 cm³/mol. The van der Waals surface area contributed by atoms with Crippen LogP contribution in [0.3, 0.4) is 0 Å². The lowest BCUT2D eigenvalue weighted by molar-refractivity contribution is 0.0922. The third kappa shape index (κ3) is 4.78. The average molecular weight is 435 g/mol. The van der Waals surface area contributed by atoms with Crippen molar-refractivity contribution < 1.29 is 9.18 Å². The first-order valence-corrected chi connectivity index (χ1v) is 10.9. The van der Waals surface area contributed by atoms with Crippen LogP contribution in [0.2, 0.25) is 0 Å². The maximum absolute atomic E-state index is 13.3. The van der Waals surface area contributed by atoms with E-state index in [1.807, 2.05) is 18.3 Å². The number of hydrogen-bond donors (Lipinski definition) is 1. The van der Waals surface area contributed by atoms with Crippen LogP contribution >= 0.6 is 0 Å². The third-order valence-corrected chi connectivity index (χ3v) is 5.99. The summed E-state index contributed by atoms with van der Waals surface area (Å²) in [6.07, 6.45) is 8.65. The summed E-state index contributed by atoms with van der Waals surface area (Å²) >= 11 is 0. The molecule has 3 aromatic rings. The summed E-state index contributed by atoms with van der Waals surface area (Å²) in [4.78, 5) is 32.9. The monoisotopic (exact) mass is 434 g/mol. The lowest BCUT2D eigenvalue weighted by Gasteiger charge is -2.34. The molecule has 0 radical (unpaired) electrons. The Morgan fingerprint density at radius 2 is 1.88 bits per heavy atom. The highest BCUT2D eigenvalue weighted by molar-refractivity contribution is 5.95. The molecule has 3 heterocycles. The molecule has 1 N–H and O–H groups in total. The number of pyridine rings is 2. The minimum Gasteiger partial charge on any atom is -0.350 e. The van der Waals surface area contributed by atoms with Crippen molar-refractivity contribution in [2.75, 3.05) is 19.6 Å².